The third-order valence-corrected chi connectivity index (χ3v) is 1.28. The lowest BCUT2D eigenvalue weighted by molar-refractivity contribution is 0.171. The number of rotatable bonds is 3. The fraction of sp³-hybridized carbons (Fsp3) is 0.667. The first-order valence-corrected chi connectivity index (χ1v) is 5.03. The number of carbonyl (C=O) groups excluding carboxylic acids is 1. The molecule has 0 atom stereocenters. The van der Waals surface area contributed by atoms with Gasteiger partial charge in [0.15, 0.2) is 0 Å². The lowest BCUT2D eigenvalue weighted by Gasteiger charge is -1.99. The Morgan fingerprint density at radius 3 is 2.56 bits per heavy atom. The molecule has 7 nitrogen and oxygen atoms in total. The maximum Gasteiger partial charge on any atom is 0.406 e. The van der Waals surface area contributed by atoms with Gasteiger partial charge in [-0.25, -0.2) is 4.79 Å². The largest absolute Gasteiger partial charge is 0.453 e. The van der Waals surface area contributed by atoms with Crippen molar-refractivity contribution in [3.05, 3.63) is 5.89 Å². The summed E-state index contributed by atoms with van der Waals surface area (Å²) < 4.78 is 9.21. The molecule has 1 aromatic heterocycles. The van der Waals surface area contributed by atoms with Crippen molar-refractivity contribution >= 4 is 12.1 Å². The van der Waals surface area contributed by atoms with Gasteiger partial charge in [-0.3, -0.25) is 0 Å². The Morgan fingerprint density at radius 2 is 2.12 bits per heavy atom. The SMILES string of the molecule is CCC.COC(=O)NCCc1nnc(N)o1. The van der Waals surface area contributed by atoms with Gasteiger partial charge in [-0.1, -0.05) is 25.4 Å². The first-order valence-electron chi connectivity index (χ1n) is 5.03. The highest BCUT2D eigenvalue weighted by atomic mass is 16.5. The second-order valence-electron chi connectivity index (χ2n) is 2.91. The van der Waals surface area contributed by atoms with E-state index in [9.17, 15) is 4.79 Å². The van der Waals surface area contributed by atoms with Gasteiger partial charge in [0, 0.05) is 13.0 Å². The molecule has 0 saturated heterocycles. The minimum Gasteiger partial charge on any atom is -0.453 e. The molecule has 0 aliphatic carbocycles. The highest BCUT2D eigenvalue weighted by molar-refractivity contribution is 5.66. The highest BCUT2D eigenvalue weighted by Gasteiger charge is 2.03. The van der Waals surface area contributed by atoms with Crippen LogP contribution < -0.4 is 11.1 Å². The zero-order valence-corrected chi connectivity index (χ0v) is 9.82. The zero-order chi connectivity index (χ0) is 12.4. The molecule has 0 saturated carbocycles. The third kappa shape index (κ3) is 6.63. The molecule has 0 aliphatic heterocycles. The average Bonchev–Trinajstić information content (AvgIpc) is 2.65. The average molecular weight is 230 g/mol. The number of nitrogens with two attached hydrogens (primary N) is 1. The van der Waals surface area contributed by atoms with Gasteiger partial charge in [0.1, 0.15) is 0 Å². The molecule has 3 N–H and O–H groups in total. The van der Waals surface area contributed by atoms with Crippen molar-refractivity contribution in [3.63, 3.8) is 0 Å². The molecule has 1 amide bonds. The van der Waals surface area contributed by atoms with Gasteiger partial charge in [-0.05, 0) is 0 Å². The Labute approximate surface area is 94.4 Å². The van der Waals surface area contributed by atoms with E-state index in [-0.39, 0.29) is 6.01 Å². The van der Waals surface area contributed by atoms with Crippen LogP contribution in [-0.2, 0) is 11.2 Å². The molecule has 0 aliphatic rings. The molecular weight excluding hydrogens is 212 g/mol. The number of nitrogens with one attached hydrogen (secondary N) is 1. The smallest absolute Gasteiger partial charge is 0.406 e. The maximum atomic E-state index is 10.6. The van der Waals surface area contributed by atoms with Gasteiger partial charge >= 0.3 is 12.1 Å². The lowest BCUT2D eigenvalue weighted by Crippen LogP contribution is -2.25. The zero-order valence-electron chi connectivity index (χ0n) is 9.82. The molecule has 16 heavy (non-hydrogen) atoms. The number of aromatic nitrogens is 2. The number of amides is 1. The van der Waals surface area contributed by atoms with Crippen molar-refractivity contribution in [2.75, 3.05) is 19.4 Å². The Balaban J connectivity index is 0.000000673. The molecule has 1 heterocycles. The van der Waals surface area contributed by atoms with Crippen LogP contribution >= 0.6 is 0 Å². The summed E-state index contributed by atoms with van der Waals surface area (Å²) in [5.74, 6) is 0.383. The van der Waals surface area contributed by atoms with Gasteiger partial charge in [-0.15, -0.1) is 5.10 Å². The fourth-order valence-electron chi connectivity index (χ4n) is 0.711. The van der Waals surface area contributed by atoms with Gasteiger partial charge in [-0.2, -0.15) is 0 Å². The summed E-state index contributed by atoms with van der Waals surface area (Å²) in [5.41, 5.74) is 5.18. The first-order chi connectivity index (χ1) is 7.63. The number of ether oxygens (including phenoxy) is 1. The van der Waals surface area contributed by atoms with E-state index in [4.69, 9.17) is 10.2 Å². The van der Waals surface area contributed by atoms with E-state index in [2.05, 4.69) is 34.1 Å². The van der Waals surface area contributed by atoms with Crippen LogP contribution in [0.4, 0.5) is 10.8 Å². The van der Waals surface area contributed by atoms with E-state index in [0.717, 1.165) is 0 Å². The van der Waals surface area contributed by atoms with Crippen LogP contribution in [0.25, 0.3) is 0 Å². The summed E-state index contributed by atoms with van der Waals surface area (Å²) in [7, 11) is 1.29. The van der Waals surface area contributed by atoms with Crippen LogP contribution in [0.5, 0.6) is 0 Å². The van der Waals surface area contributed by atoms with Crippen LogP contribution in [0.2, 0.25) is 0 Å². The summed E-state index contributed by atoms with van der Waals surface area (Å²) in [4.78, 5) is 10.6. The number of methoxy groups -OCH3 is 1. The summed E-state index contributed by atoms with van der Waals surface area (Å²) in [6.45, 7) is 4.62. The number of nitrogens with zero attached hydrogens (tertiary/aromatic N) is 2. The van der Waals surface area contributed by atoms with Crippen LogP contribution in [-0.4, -0.2) is 29.9 Å². The van der Waals surface area contributed by atoms with Crippen molar-refractivity contribution in [1.29, 1.82) is 0 Å². The number of hydrogen-bond acceptors (Lipinski definition) is 6. The molecule has 7 heteroatoms. The number of nitrogen functional groups attached to an aromatic ring is 1. The summed E-state index contributed by atoms with van der Waals surface area (Å²) in [6.07, 6.45) is 1.19. The van der Waals surface area contributed by atoms with E-state index in [1.54, 1.807) is 0 Å². The van der Waals surface area contributed by atoms with Crippen molar-refractivity contribution < 1.29 is 13.9 Å². The van der Waals surface area contributed by atoms with E-state index >= 15 is 0 Å². The van der Waals surface area contributed by atoms with Gasteiger partial charge in [0.05, 0.1) is 7.11 Å². The first kappa shape index (κ1) is 14.2. The molecule has 1 aromatic rings. The summed E-state index contributed by atoms with van der Waals surface area (Å²) in [5, 5.41) is 9.52. The van der Waals surface area contributed by atoms with Crippen molar-refractivity contribution in [2.24, 2.45) is 0 Å². The normalized spacial score (nSPS) is 8.94. The monoisotopic (exact) mass is 230 g/mol. The Kier molecular flexibility index (Phi) is 7.56. The van der Waals surface area contributed by atoms with Crippen molar-refractivity contribution in [3.8, 4) is 0 Å². The third-order valence-electron chi connectivity index (χ3n) is 1.28. The van der Waals surface area contributed by atoms with Crippen LogP contribution in [0.15, 0.2) is 4.42 Å². The van der Waals surface area contributed by atoms with Gasteiger partial charge in [0.25, 0.3) is 0 Å². The Morgan fingerprint density at radius 1 is 1.50 bits per heavy atom. The summed E-state index contributed by atoms with van der Waals surface area (Å²) >= 11 is 0. The molecular formula is C9H18N4O3. The van der Waals surface area contributed by atoms with Crippen LogP contribution in [0.3, 0.4) is 0 Å². The molecule has 0 bridgehead atoms. The predicted molar refractivity (Wildman–Crippen MR) is 58.8 cm³/mol. The molecule has 1 rings (SSSR count). The molecule has 0 unspecified atom stereocenters. The number of alkyl carbamates (subject to hydrolysis) is 1. The van der Waals surface area contributed by atoms with Gasteiger partial charge in [0.2, 0.25) is 5.89 Å². The van der Waals surface area contributed by atoms with E-state index in [1.165, 1.54) is 13.5 Å². The molecule has 0 radical (unpaired) electrons. The highest BCUT2D eigenvalue weighted by Crippen LogP contribution is 1.99. The molecule has 92 valence electrons. The van der Waals surface area contributed by atoms with Crippen LogP contribution in [0.1, 0.15) is 26.2 Å². The maximum absolute atomic E-state index is 10.6. The second-order valence-corrected chi connectivity index (χ2v) is 2.91. The number of hydrogen-bond donors (Lipinski definition) is 2. The second kappa shape index (κ2) is 8.51. The summed E-state index contributed by atoms with van der Waals surface area (Å²) in [6, 6.07) is 0.0214. The minimum absolute atomic E-state index is 0.0214. The van der Waals surface area contributed by atoms with E-state index in [1.807, 2.05) is 0 Å². The molecule has 0 aromatic carbocycles. The Bertz CT molecular complexity index is 301. The topological polar surface area (TPSA) is 103 Å². The Hall–Kier alpha value is -1.79. The van der Waals surface area contributed by atoms with Crippen molar-refractivity contribution in [2.45, 2.75) is 26.7 Å². The number of anilines is 1. The quantitative estimate of drug-likeness (QED) is 0.801. The lowest BCUT2D eigenvalue weighted by atomic mass is 10.4. The molecule has 0 fully saturated rings. The van der Waals surface area contributed by atoms with E-state index in [0.29, 0.717) is 18.9 Å². The predicted octanol–water partition coefficient (Wildman–Crippen LogP) is 0.967. The fourth-order valence-corrected chi connectivity index (χ4v) is 0.711. The number of carbonyl (C=O) groups is 1. The van der Waals surface area contributed by atoms with Gasteiger partial charge < -0.3 is 20.2 Å². The molecule has 0 spiro atoms. The minimum atomic E-state index is -0.493. The van der Waals surface area contributed by atoms with Crippen molar-refractivity contribution in [1.82, 2.24) is 15.5 Å². The standard InChI is InChI=1S/C6H10N4O3.C3H8/c1-12-6(11)8-3-2-4-9-10-5(7)13-4;1-3-2/h2-3H2,1H3,(H2,7,10)(H,8,11);3H2,1-2H3. The van der Waals surface area contributed by atoms with E-state index < -0.39 is 6.09 Å². The van der Waals surface area contributed by atoms with Crippen LogP contribution in [0, 0.1) is 0 Å².